The maximum Gasteiger partial charge on any atom is 0.356 e. The van der Waals surface area contributed by atoms with Gasteiger partial charge in [0.25, 0.3) is 0 Å². The van der Waals surface area contributed by atoms with Crippen LogP contribution in [0.4, 0.5) is 11.6 Å². The first kappa shape index (κ1) is 14.4. The van der Waals surface area contributed by atoms with E-state index < -0.39 is 5.97 Å². The molecular weight excluding hydrogens is 310 g/mol. The summed E-state index contributed by atoms with van der Waals surface area (Å²) in [5.41, 5.74) is 0.574. The van der Waals surface area contributed by atoms with Gasteiger partial charge in [-0.3, -0.25) is 4.98 Å². The number of aromatic nitrogens is 5. The minimum Gasteiger partial charge on any atom is -0.476 e. The Hall–Kier alpha value is -3.23. The Balaban J connectivity index is 1.57. The van der Waals surface area contributed by atoms with Gasteiger partial charge in [-0.15, -0.1) is 0 Å². The van der Waals surface area contributed by atoms with Crippen LogP contribution in [0.2, 0.25) is 0 Å². The van der Waals surface area contributed by atoms with E-state index in [2.05, 4.69) is 29.7 Å². The fourth-order valence-corrected chi connectivity index (χ4v) is 2.83. The lowest BCUT2D eigenvalue weighted by Gasteiger charge is -2.35. The second kappa shape index (κ2) is 5.76. The van der Waals surface area contributed by atoms with Crippen molar-refractivity contribution in [1.82, 2.24) is 24.3 Å². The molecule has 4 rings (SSSR count). The van der Waals surface area contributed by atoms with Gasteiger partial charge in [0.2, 0.25) is 0 Å². The van der Waals surface area contributed by atoms with E-state index in [1.165, 1.54) is 6.20 Å². The first-order valence-corrected chi connectivity index (χ1v) is 7.55. The van der Waals surface area contributed by atoms with Crippen molar-refractivity contribution in [2.45, 2.75) is 0 Å². The van der Waals surface area contributed by atoms with Gasteiger partial charge in [-0.05, 0) is 0 Å². The van der Waals surface area contributed by atoms with Crippen LogP contribution in [0.3, 0.4) is 0 Å². The van der Waals surface area contributed by atoms with Gasteiger partial charge in [0.05, 0.1) is 6.20 Å². The van der Waals surface area contributed by atoms with Crippen LogP contribution in [-0.2, 0) is 0 Å². The van der Waals surface area contributed by atoms with Crippen molar-refractivity contribution >= 4 is 23.3 Å². The molecule has 3 aromatic rings. The molecule has 9 heteroatoms. The SMILES string of the molecule is O=C(O)c1cn2ccnc(N3CCN(c4cnccn4)CC3)c2n1. The lowest BCUT2D eigenvalue weighted by molar-refractivity contribution is 0.0691. The monoisotopic (exact) mass is 325 g/mol. The number of aromatic carboxylic acids is 1. The molecule has 0 aromatic carbocycles. The maximum atomic E-state index is 11.1. The van der Waals surface area contributed by atoms with Gasteiger partial charge in [0.15, 0.2) is 17.2 Å². The maximum absolute atomic E-state index is 11.1. The zero-order chi connectivity index (χ0) is 16.5. The zero-order valence-corrected chi connectivity index (χ0v) is 12.8. The van der Waals surface area contributed by atoms with Crippen LogP contribution in [0.25, 0.3) is 5.65 Å². The first-order valence-electron chi connectivity index (χ1n) is 7.55. The molecule has 1 aliphatic heterocycles. The summed E-state index contributed by atoms with van der Waals surface area (Å²) in [5, 5.41) is 9.12. The Morgan fingerprint density at radius 2 is 1.83 bits per heavy atom. The third-order valence-corrected chi connectivity index (χ3v) is 4.03. The molecule has 24 heavy (non-hydrogen) atoms. The molecule has 0 saturated carbocycles. The van der Waals surface area contributed by atoms with E-state index in [0.717, 1.165) is 32.0 Å². The van der Waals surface area contributed by atoms with E-state index in [9.17, 15) is 4.79 Å². The molecule has 3 aromatic heterocycles. The molecule has 0 unspecified atom stereocenters. The highest BCUT2D eigenvalue weighted by atomic mass is 16.4. The minimum atomic E-state index is -1.04. The Bertz CT molecular complexity index is 872. The summed E-state index contributed by atoms with van der Waals surface area (Å²) < 4.78 is 1.70. The van der Waals surface area contributed by atoms with Gasteiger partial charge in [0.1, 0.15) is 5.82 Å². The smallest absolute Gasteiger partial charge is 0.356 e. The second-order valence-electron chi connectivity index (χ2n) is 5.45. The van der Waals surface area contributed by atoms with Crippen molar-refractivity contribution in [1.29, 1.82) is 0 Å². The summed E-state index contributed by atoms with van der Waals surface area (Å²) in [6.07, 6.45) is 9.95. The summed E-state index contributed by atoms with van der Waals surface area (Å²) in [6, 6.07) is 0. The highest BCUT2D eigenvalue weighted by molar-refractivity contribution is 5.87. The molecular formula is C15H15N7O2. The van der Waals surface area contributed by atoms with E-state index in [1.807, 2.05) is 0 Å². The Kier molecular flexibility index (Phi) is 3.45. The molecule has 0 atom stereocenters. The lowest BCUT2D eigenvalue weighted by Crippen LogP contribution is -2.47. The Labute approximate surface area is 137 Å². The number of imidazole rings is 1. The van der Waals surface area contributed by atoms with Gasteiger partial charge in [-0.25, -0.2) is 19.7 Å². The van der Waals surface area contributed by atoms with Gasteiger partial charge in [0, 0.05) is 57.2 Å². The number of hydrogen-bond donors (Lipinski definition) is 1. The average Bonchev–Trinajstić information content (AvgIpc) is 3.07. The zero-order valence-electron chi connectivity index (χ0n) is 12.8. The van der Waals surface area contributed by atoms with Crippen molar-refractivity contribution in [2.75, 3.05) is 36.0 Å². The van der Waals surface area contributed by atoms with Gasteiger partial charge < -0.3 is 19.3 Å². The molecule has 122 valence electrons. The third-order valence-electron chi connectivity index (χ3n) is 4.03. The van der Waals surface area contributed by atoms with Crippen LogP contribution in [-0.4, -0.2) is 61.6 Å². The van der Waals surface area contributed by atoms with Crippen LogP contribution in [0.1, 0.15) is 10.5 Å². The van der Waals surface area contributed by atoms with Crippen molar-refractivity contribution in [3.05, 3.63) is 42.9 Å². The first-order chi connectivity index (χ1) is 11.7. The van der Waals surface area contributed by atoms with Crippen molar-refractivity contribution < 1.29 is 9.90 Å². The summed E-state index contributed by atoms with van der Waals surface area (Å²) in [7, 11) is 0. The largest absolute Gasteiger partial charge is 0.476 e. The fourth-order valence-electron chi connectivity index (χ4n) is 2.83. The number of fused-ring (bicyclic) bond motifs is 1. The number of carboxylic acids is 1. The summed E-state index contributed by atoms with van der Waals surface area (Å²) in [5.74, 6) is 0.512. The summed E-state index contributed by atoms with van der Waals surface area (Å²) in [4.78, 5) is 32.4. The van der Waals surface area contributed by atoms with Crippen molar-refractivity contribution in [3.63, 3.8) is 0 Å². The molecule has 1 N–H and O–H groups in total. The van der Waals surface area contributed by atoms with Crippen molar-refractivity contribution in [2.24, 2.45) is 0 Å². The van der Waals surface area contributed by atoms with E-state index in [1.54, 1.807) is 35.4 Å². The molecule has 0 radical (unpaired) electrons. The minimum absolute atomic E-state index is 0.0162. The quantitative estimate of drug-likeness (QED) is 0.745. The third kappa shape index (κ3) is 2.49. The highest BCUT2D eigenvalue weighted by Crippen LogP contribution is 2.21. The van der Waals surface area contributed by atoms with Crippen LogP contribution in [0.15, 0.2) is 37.2 Å². The number of carboxylic acid groups (broad SMARTS) is 1. The molecule has 0 spiro atoms. The van der Waals surface area contributed by atoms with E-state index in [-0.39, 0.29) is 5.69 Å². The van der Waals surface area contributed by atoms with E-state index in [0.29, 0.717) is 11.5 Å². The second-order valence-corrected chi connectivity index (χ2v) is 5.45. The molecule has 1 fully saturated rings. The van der Waals surface area contributed by atoms with E-state index >= 15 is 0 Å². The number of nitrogens with zero attached hydrogens (tertiary/aromatic N) is 7. The lowest BCUT2D eigenvalue weighted by atomic mass is 10.3. The molecule has 0 aliphatic carbocycles. The van der Waals surface area contributed by atoms with Crippen LogP contribution in [0.5, 0.6) is 0 Å². The Morgan fingerprint density at radius 1 is 1.04 bits per heavy atom. The van der Waals surface area contributed by atoms with E-state index in [4.69, 9.17) is 5.11 Å². The summed E-state index contributed by atoms with van der Waals surface area (Å²) >= 11 is 0. The molecule has 1 saturated heterocycles. The van der Waals surface area contributed by atoms with Crippen LogP contribution >= 0.6 is 0 Å². The average molecular weight is 325 g/mol. The summed E-state index contributed by atoms with van der Waals surface area (Å²) in [6.45, 7) is 3.07. The predicted octanol–water partition coefficient (Wildman–Crippen LogP) is 0.544. The normalized spacial score (nSPS) is 15.0. The molecule has 4 heterocycles. The molecule has 0 bridgehead atoms. The van der Waals surface area contributed by atoms with Gasteiger partial charge in [-0.1, -0.05) is 0 Å². The van der Waals surface area contributed by atoms with Crippen LogP contribution < -0.4 is 9.80 Å². The van der Waals surface area contributed by atoms with Gasteiger partial charge >= 0.3 is 5.97 Å². The highest BCUT2D eigenvalue weighted by Gasteiger charge is 2.22. The fraction of sp³-hybridized carbons (Fsp3) is 0.267. The number of hydrogen-bond acceptors (Lipinski definition) is 7. The molecule has 9 nitrogen and oxygen atoms in total. The number of piperazine rings is 1. The Morgan fingerprint density at radius 3 is 2.54 bits per heavy atom. The molecule has 1 aliphatic rings. The predicted molar refractivity (Wildman–Crippen MR) is 86.4 cm³/mol. The molecule has 0 amide bonds. The topological polar surface area (TPSA) is 99.8 Å². The standard InChI is InChI=1S/C15H15N7O2/c23-15(24)11-10-22-4-3-18-13(14(22)19-11)21-7-5-20(6-8-21)12-9-16-1-2-17-12/h1-4,9-10H,5-8H2,(H,23,24). The number of carbonyl (C=O) groups is 1. The van der Waals surface area contributed by atoms with Crippen LogP contribution in [0, 0.1) is 0 Å². The number of rotatable bonds is 3. The number of anilines is 2. The van der Waals surface area contributed by atoms with Crippen molar-refractivity contribution in [3.8, 4) is 0 Å². The van der Waals surface area contributed by atoms with Gasteiger partial charge in [-0.2, -0.15) is 0 Å².